The summed E-state index contributed by atoms with van der Waals surface area (Å²) in [5, 5.41) is 7.92. The second-order valence-electron chi connectivity index (χ2n) is 1.53. The minimum Gasteiger partial charge on any atom is -0.480 e. The fourth-order valence-electron chi connectivity index (χ4n) is 0.189. The van der Waals surface area contributed by atoms with Crippen LogP contribution in [0, 0.1) is 6.92 Å². The quantitative estimate of drug-likeness (QED) is 0.391. The molecule has 0 radical (unpaired) electrons. The zero-order chi connectivity index (χ0) is 8.41. The van der Waals surface area contributed by atoms with E-state index in [2.05, 4.69) is 11.7 Å². The Labute approximate surface area is 80.3 Å². The molecule has 1 N–H and O–H groups in total. The van der Waals surface area contributed by atoms with Crippen molar-refractivity contribution in [2.24, 2.45) is 0 Å². The van der Waals surface area contributed by atoms with Crippen molar-refractivity contribution in [3.05, 3.63) is 6.92 Å². The molecule has 11 heavy (non-hydrogen) atoms. The maximum Gasteiger partial charge on any atom is 1.00 e. The van der Waals surface area contributed by atoms with Crippen LogP contribution in [0.3, 0.4) is 0 Å². The summed E-state index contributed by atoms with van der Waals surface area (Å²) in [5.41, 5.74) is 0. The largest absolute Gasteiger partial charge is 1.00 e. The Morgan fingerprint density at radius 1 is 1.55 bits per heavy atom. The van der Waals surface area contributed by atoms with Crippen LogP contribution in [0.25, 0.3) is 0 Å². The summed E-state index contributed by atoms with van der Waals surface area (Å²) in [7, 11) is 0. The summed E-state index contributed by atoms with van der Waals surface area (Å²) in [4.78, 5) is 9.63. The van der Waals surface area contributed by atoms with Gasteiger partial charge in [0, 0.05) is 6.61 Å². The molecule has 62 valence electrons. The molecule has 4 heteroatoms. The van der Waals surface area contributed by atoms with Gasteiger partial charge in [0.2, 0.25) is 0 Å². The van der Waals surface area contributed by atoms with Crippen LogP contribution >= 0.6 is 0 Å². The third-order valence-corrected chi connectivity index (χ3v) is 0.430. The topological polar surface area (TPSA) is 46.5 Å². The Kier molecular flexibility index (Phi) is 25.9. The Bertz CT molecular complexity index is 76.1. The molecule has 0 heterocycles. The third kappa shape index (κ3) is 39.8. The van der Waals surface area contributed by atoms with Crippen LogP contribution in [0.2, 0.25) is 0 Å². The number of carboxylic acid groups (broad SMARTS) is 1. The maximum absolute atomic E-state index is 9.63. The second kappa shape index (κ2) is 16.5. The molecule has 0 aliphatic carbocycles. The van der Waals surface area contributed by atoms with Crippen LogP contribution in [-0.4, -0.2) is 24.3 Å². The third-order valence-electron chi connectivity index (χ3n) is 0.430. The van der Waals surface area contributed by atoms with Gasteiger partial charge in [-0.05, 0) is 6.92 Å². The summed E-state index contributed by atoms with van der Waals surface area (Å²) < 4.78 is 4.50. The molecule has 0 saturated heterocycles. The Balaban J connectivity index is -0.000000140. The monoisotopic (exact) mass is 154 g/mol. The van der Waals surface area contributed by atoms with Crippen molar-refractivity contribution in [1.82, 2.24) is 0 Å². The molecule has 0 aromatic rings. The van der Waals surface area contributed by atoms with E-state index in [-0.39, 0.29) is 25.5 Å². The predicted octanol–water partition coefficient (Wildman–Crippen LogP) is -1.66. The smallest absolute Gasteiger partial charge is 0.480 e. The van der Waals surface area contributed by atoms with Gasteiger partial charge in [-0.3, -0.25) is 0 Å². The van der Waals surface area contributed by atoms with Crippen LogP contribution < -0.4 is 18.9 Å². The normalized spacial score (nSPS) is 7.18. The van der Waals surface area contributed by atoms with E-state index in [4.69, 9.17) is 5.11 Å². The average Bonchev–Trinajstić information content (AvgIpc) is 1.85. The Morgan fingerprint density at radius 3 is 2.00 bits per heavy atom. The fraction of sp³-hybridized carbons (Fsp3) is 0.714. The first kappa shape index (κ1) is 17.2. The van der Waals surface area contributed by atoms with E-state index in [1.54, 1.807) is 6.92 Å². The standard InChI is InChI=1S/C4H8O3.C3H7.Li/c1-2-7-3-4(5)6;1-3-2;/h2-3H2,1H3,(H,5,6);1,3H2,2H3;/q;-1;+1. The van der Waals surface area contributed by atoms with Crippen molar-refractivity contribution in [3.8, 4) is 0 Å². The average molecular weight is 154 g/mol. The van der Waals surface area contributed by atoms with Crippen molar-refractivity contribution in [1.29, 1.82) is 0 Å². The van der Waals surface area contributed by atoms with Crippen LogP contribution in [-0.2, 0) is 9.53 Å². The van der Waals surface area contributed by atoms with Gasteiger partial charge in [0.25, 0.3) is 0 Å². The first-order valence-corrected chi connectivity index (χ1v) is 3.27. The molecule has 0 bridgehead atoms. The van der Waals surface area contributed by atoms with Crippen molar-refractivity contribution >= 4 is 5.97 Å². The molecule has 0 unspecified atom stereocenters. The zero-order valence-corrected chi connectivity index (χ0v) is 7.59. The van der Waals surface area contributed by atoms with Gasteiger partial charge in [0.05, 0.1) is 0 Å². The minimum absolute atomic E-state index is 0. The molecule has 0 saturated carbocycles. The number of carboxylic acids is 1. The van der Waals surface area contributed by atoms with Gasteiger partial charge in [0.15, 0.2) is 0 Å². The number of hydrogen-bond acceptors (Lipinski definition) is 2. The van der Waals surface area contributed by atoms with E-state index in [1.165, 1.54) is 0 Å². The molecule has 3 nitrogen and oxygen atoms in total. The Morgan fingerprint density at radius 2 is 1.91 bits per heavy atom. The summed E-state index contributed by atoms with van der Waals surface area (Å²) in [6.07, 6.45) is 1.00. The minimum atomic E-state index is -0.915. The molecule has 0 aromatic carbocycles. The van der Waals surface area contributed by atoms with Crippen LogP contribution in [0.5, 0.6) is 0 Å². The first-order chi connectivity index (χ1) is 4.68. The Hall–Kier alpha value is 0.0274. The summed E-state index contributed by atoms with van der Waals surface area (Å²) >= 11 is 0. The van der Waals surface area contributed by atoms with Gasteiger partial charge < -0.3 is 16.8 Å². The van der Waals surface area contributed by atoms with E-state index < -0.39 is 5.97 Å². The van der Waals surface area contributed by atoms with E-state index in [1.807, 2.05) is 6.92 Å². The number of rotatable bonds is 3. The molecule has 0 aliphatic heterocycles. The molecule has 0 aliphatic rings. The van der Waals surface area contributed by atoms with Crippen LogP contribution in [0.4, 0.5) is 0 Å². The van der Waals surface area contributed by atoms with Gasteiger partial charge >= 0.3 is 24.8 Å². The van der Waals surface area contributed by atoms with Gasteiger partial charge in [-0.2, -0.15) is 6.42 Å². The van der Waals surface area contributed by atoms with Gasteiger partial charge in [-0.25, -0.2) is 4.79 Å². The van der Waals surface area contributed by atoms with E-state index in [0.29, 0.717) is 6.61 Å². The first-order valence-electron chi connectivity index (χ1n) is 3.27. The zero-order valence-electron chi connectivity index (χ0n) is 7.59. The fourth-order valence-corrected chi connectivity index (χ4v) is 0.189. The van der Waals surface area contributed by atoms with E-state index >= 15 is 0 Å². The van der Waals surface area contributed by atoms with Crippen LogP contribution in [0.1, 0.15) is 20.3 Å². The van der Waals surface area contributed by atoms with Gasteiger partial charge in [-0.1, -0.05) is 6.92 Å². The number of hydrogen-bond donors (Lipinski definition) is 1. The number of aliphatic carboxylic acids is 1. The summed E-state index contributed by atoms with van der Waals surface area (Å²) in [6, 6.07) is 0. The second-order valence-corrected chi connectivity index (χ2v) is 1.53. The van der Waals surface area contributed by atoms with Crippen molar-refractivity contribution in [2.45, 2.75) is 20.3 Å². The van der Waals surface area contributed by atoms with Crippen molar-refractivity contribution < 1.29 is 33.5 Å². The van der Waals surface area contributed by atoms with E-state index in [0.717, 1.165) is 6.42 Å². The molecule has 0 aromatic heterocycles. The molecule has 0 atom stereocenters. The predicted molar refractivity (Wildman–Crippen MR) is 39.8 cm³/mol. The molecular formula is C7H15LiO3. The molecule has 0 spiro atoms. The molecule has 0 amide bonds. The SMILES string of the molecule is CCOCC(=O)O.[CH2-]CC.[Li+]. The summed E-state index contributed by atoms with van der Waals surface area (Å²) in [6.45, 7) is 7.53. The molecule has 0 rings (SSSR count). The molecule has 0 fully saturated rings. The maximum atomic E-state index is 9.63. The van der Waals surface area contributed by atoms with Crippen molar-refractivity contribution in [2.75, 3.05) is 13.2 Å². The van der Waals surface area contributed by atoms with E-state index in [9.17, 15) is 4.79 Å². The number of carbonyl (C=O) groups is 1. The van der Waals surface area contributed by atoms with Gasteiger partial charge in [0.1, 0.15) is 6.61 Å². The van der Waals surface area contributed by atoms with Crippen molar-refractivity contribution in [3.63, 3.8) is 0 Å². The number of ether oxygens (including phenoxy) is 1. The van der Waals surface area contributed by atoms with Gasteiger partial charge in [-0.15, -0.1) is 0 Å². The van der Waals surface area contributed by atoms with Crippen LogP contribution in [0.15, 0.2) is 0 Å². The molecular weight excluding hydrogens is 139 g/mol. The summed E-state index contributed by atoms with van der Waals surface area (Å²) in [5.74, 6) is -0.915.